The number of alkyl halides is 2. The molecule has 8 N–H and O–H groups in total. The zero-order valence-electron chi connectivity index (χ0n) is 15.5. The van der Waals surface area contributed by atoms with E-state index < -0.39 is 60.5 Å². The Labute approximate surface area is 177 Å². The molecule has 2 aliphatic rings. The largest absolute Gasteiger partial charge is 0.490 e. The maximum absolute atomic E-state index is 14.7. The van der Waals surface area contributed by atoms with E-state index >= 15 is 0 Å². The molecular formula is C11H18F2N3O13P3. The fourth-order valence-electron chi connectivity index (χ4n) is 2.57. The maximum Gasteiger partial charge on any atom is 0.490 e. The molecule has 2 aliphatic heterocycles. The minimum Gasteiger partial charge on any atom is -0.393 e. The molecule has 1 saturated heterocycles. The number of hydrogen-bond acceptors (Lipinski definition) is 12. The number of nitrogens with zero attached hydrogens (tertiary/aromatic N) is 2. The van der Waals surface area contributed by atoms with Gasteiger partial charge in [0.25, 0.3) is 0 Å². The van der Waals surface area contributed by atoms with Crippen molar-refractivity contribution in [2.45, 2.75) is 23.9 Å². The van der Waals surface area contributed by atoms with Gasteiger partial charge in [-0.3, -0.25) is 4.52 Å². The van der Waals surface area contributed by atoms with Crippen LogP contribution in [0.15, 0.2) is 29.7 Å². The van der Waals surface area contributed by atoms with E-state index in [1.165, 1.54) is 0 Å². The normalized spacial score (nSPS) is 31.8. The Kier molecular flexibility index (Phi) is 7.57. The van der Waals surface area contributed by atoms with Gasteiger partial charge < -0.3 is 45.2 Å². The van der Waals surface area contributed by atoms with Crippen molar-refractivity contribution in [3.05, 3.63) is 24.7 Å². The minimum atomic E-state index is -5.89. The number of ether oxygens (including phenoxy) is 1. The number of halogens is 2. The van der Waals surface area contributed by atoms with Crippen LogP contribution in [0.3, 0.4) is 0 Å². The molecular weight excluding hydrogens is 513 g/mol. The molecule has 2 rings (SSSR count). The Morgan fingerprint density at radius 1 is 1.22 bits per heavy atom. The highest BCUT2D eigenvalue weighted by Crippen LogP contribution is 2.66. The van der Waals surface area contributed by atoms with E-state index in [-0.39, 0.29) is 11.7 Å². The van der Waals surface area contributed by atoms with Gasteiger partial charge in [0.05, 0.1) is 13.2 Å². The van der Waals surface area contributed by atoms with Gasteiger partial charge in [0.1, 0.15) is 17.3 Å². The third-order valence-electron chi connectivity index (χ3n) is 3.91. The molecule has 0 radical (unpaired) electrons. The van der Waals surface area contributed by atoms with E-state index in [1.807, 2.05) is 0 Å². The van der Waals surface area contributed by atoms with Gasteiger partial charge in [0, 0.05) is 6.20 Å². The number of nitrogens with two attached hydrogens (primary N) is 1. The van der Waals surface area contributed by atoms with Crippen molar-refractivity contribution in [2.75, 3.05) is 13.2 Å². The highest BCUT2D eigenvalue weighted by Gasteiger charge is 2.68. The molecule has 0 aromatic carbocycles. The van der Waals surface area contributed by atoms with E-state index in [1.54, 1.807) is 0 Å². The summed E-state index contributed by atoms with van der Waals surface area (Å²) in [5, 5.41) is 19.7. The summed E-state index contributed by atoms with van der Waals surface area (Å²) in [6, 6.07) is 0. The zero-order chi connectivity index (χ0) is 24.8. The van der Waals surface area contributed by atoms with Crippen molar-refractivity contribution >= 4 is 29.3 Å². The number of rotatable bonds is 9. The lowest BCUT2D eigenvalue weighted by molar-refractivity contribution is -0.160. The highest BCUT2D eigenvalue weighted by molar-refractivity contribution is 7.66. The lowest BCUT2D eigenvalue weighted by atomic mass is 9.96. The Morgan fingerprint density at radius 3 is 2.31 bits per heavy atom. The first-order valence-electron chi connectivity index (χ1n) is 7.97. The van der Waals surface area contributed by atoms with E-state index in [2.05, 4.69) is 24.7 Å². The number of hydrogen-bond donors (Lipinski definition) is 7. The van der Waals surface area contributed by atoms with Crippen LogP contribution in [0.5, 0.6) is 0 Å². The molecule has 0 aromatic rings. The highest BCUT2D eigenvalue weighted by atomic mass is 31.3. The summed E-state index contributed by atoms with van der Waals surface area (Å²) >= 11 is 0. The number of phosphoric acid groups is 3. The van der Waals surface area contributed by atoms with E-state index in [4.69, 9.17) is 25.2 Å². The molecule has 0 aliphatic carbocycles. The molecule has 32 heavy (non-hydrogen) atoms. The Balaban J connectivity index is 2.21. The third-order valence-corrected chi connectivity index (χ3v) is 7.69. The molecule has 0 amide bonds. The predicted octanol–water partition coefficient (Wildman–Crippen LogP) is -0.929. The number of aliphatic hydroxyl groups is 2. The lowest BCUT2D eigenvalue weighted by Gasteiger charge is -2.32. The smallest absolute Gasteiger partial charge is 0.393 e. The van der Waals surface area contributed by atoms with Crippen molar-refractivity contribution in [2.24, 2.45) is 10.7 Å². The van der Waals surface area contributed by atoms with Crippen molar-refractivity contribution in [1.29, 1.82) is 0 Å². The van der Waals surface area contributed by atoms with Crippen LogP contribution in [0.4, 0.5) is 8.78 Å². The summed E-state index contributed by atoms with van der Waals surface area (Å²) in [5.74, 6) is -4.60. The van der Waals surface area contributed by atoms with Gasteiger partial charge >= 0.3 is 29.4 Å². The molecule has 5 atom stereocenters. The van der Waals surface area contributed by atoms with Gasteiger partial charge in [-0.2, -0.15) is 17.4 Å². The van der Waals surface area contributed by atoms with E-state index in [9.17, 15) is 37.6 Å². The number of phosphoric ester groups is 1. The second kappa shape index (κ2) is 8.92. The lowest BCUT2D eigenvalue weighted by Crippen LogP contribution is -2.52. The van der Waals surface area contributed by atoms with Crippen LogP contribution in [-0.4, -0.2) is 77.6 Å². The van der Waals surface area contributed by atoms with E-state index in [0.29, 0.717) is 4.90 Å². The molecule has 0 spiro atoms. The zero-order valence-corrected chi connectivity index (χ0v) is 18.2. The van der Waals surface area contributed by atoms with Crippen molar-refractivity contribution in [1.82, 2.24) is 4.90 Å². The summed E-state index contributed by atoms with van der Waals surface area (Å²) in [6.45, 7) is 0.430. The first-order chi connectivity index (χ1) is 14.3. The quantitative estimate of drug-likeness (QED) is 0.178. The summed E-state index contributed by atoms with van der Waals surface area (Å²) in [7, 11) is -17.3. The van der Waals surface area contributed by atoms with Gasteiger partial charge in [-0.25, -0.2) is 18.7 Å². The van der Waals surface area contributed by atoms with Crippen LogP contribution >= 0.6 is 23.5 Å². The number of aliphatic imine (C=N–C) groups is 1. The number of amidine groups is 1. The SMILES string of the molecule is C=C1N=C(N)C=CN1[C@@H]1O[C@](CO)(COP(=O)(O)OP(=O)(O)OP(=O)(O)O)[C@@H](O)C1(F)F. The fraction of sp³-hybridized carbons (Fsp3) is 0.545. The summed E-state index contributed by atoms with van der Waals surface area (Å²) in [5.41, 5.74) is 2.62. The third kappa shape index (κ3) is 6.07. The first kappa shape index (κ1) is 27.1. The van der Waals surface area contributed by atoms with Crippen LogP contribution < -0.4 is 5.73 Å². The average Bonchev–Trinajstić information content (AvgIpc) is 2.78. The summed E-state index contributed by atoms with van der Waals surface area (Å²) in [4.78, 5) is 39.8. The van der Waals surface area contributed by atoms with Gasteiger partial charge in [-0.15, -0.1) is 0 Å². The predicted molar refractivity (Wildman–Crippen MR) is 97.2 cm³/mol. The van der Waals surface area contributed by atoms with Gasteiger partial charge in [0.15, 0.2) is 6.10 Å². The average molecular weight is 531 g/mol. The molecule has 21 heteroatoms. The second-order valence-corrected chi connectivity index (χ2v) is 10.7. The Morgan fingerprint density at radius 2 is 1.81 bits per heavy atom. The minimum absolute atomic E-state index is 0.0887. The van der Waals surface area contributed by atoms with Crippen molar-refractivity contribution in [3.63, 3.8) is 0 Å². The van der Waals surface area contributed by atoms with Crippen LogP contribution in [0, 0.1) is 0 Å². The monoisotopic (exact) mass is 531 g/mol. The molecule has 0 saturated carbocycles. The number of aliphatic hydroxyl groups excluding tert-OH is 2. The molecule has 0 bridgehead atoms. The molecule has 184 valence electrons. The standard InChI is InChI=1S/C11H18F2N3O13P3/c1-6-15-7(14)2-3-16(6)9-11(12,13)8(18)10(4-17,27-9)5-26-31(22,23)29-32(24,25)28-30(19,20)21/h2-3,8-9,17-18H,1,4-5H2,(H2,14,15)(H,22,23)(H,24,25)(H2,19,20,21)/t8-,9-,10-/m1/s1. The molecule has 16 nitrogen and oxygen atoms in total. The van der Waals surface area contributed by atoms with Crippen LogP contribution in [0.25, 0.3) is 0 Å². The van der Waals surface area contributed by atoms with Crippen LogP contribution in [0.2, 0.25) is 0 Å². The molecule has 0 aromatic heterocycles. The Hall–Kier alpha value is -1.10. The summed E-state index contributed by atoms with van der Waals surface area (Å²) < 4.78 is 79.5. The van der Waals surface area contributed by atoms with E-state index in [0.717, 1.165) is 12.3 Å². The fourth-order valence-corrected chi connectivity index (χ4v) is 5.65. The van der Waals surface area contributed by atoms with Crippen molar-refractivity contribution < 1.29 is 70.1 Å². The summed E-state index contributed by atoms with van der Waals surface area (Å²) in [6.07, 6.45) is -3.17. The maximum atomic E-state index is 14.7. The van der Waals surface area contributed by atoms with Gasteiger partial charge in [-0.1, -0.05) is 6.58 Å². The Bertz CT molecular complexity index is 970. The first-order valence-corrected chi connectivity index (χ1v) is 12.5. The second-order valence-electron chi connectivity index (χ2n) is 6.31. The topological polar surface area (TPSA) is 251 Å². The van der Waals surface area contributed by atoms with Gasteiger partial charge in [-0.05, 0) is 6.08 Å². The van der Waals surface area contributed by atoms with Crippen LogP contribution in [0.1, 0.15) is 0 Å². The molecule has 1 fully saturated rings. The molecule has 2 unspecified atom stereocenters. The van der Waals surface area contributed by atoms with Crippen LogP contribution in [-0.2, 0) is 31.6 Å². The van der Waals surface area contributed by atoms with Gasteiger partial charge in [0.2, 0.25) is 6.23 Å². The van der Waals surface area contributed by atoms with Crippen molar-refractivity contribution in [3.8, 4) is 0 Å². The molecule has 2 heterocycles.